The first-order valence-electron chi connectivity index (χ1n) is 17.9. The van der Waals surface area contributed by atoms with E-state index in [-0.39, 0.29) is 17.6 Å². The van der Waals surface area contributed by atoms with E-state index >= 15 is 0 Å². The highest BCUT2D eigenvalue weighted by Gasteiger charge is 2.48. The van der Waals surface area contributed by atoms with E-state index in [1.54, 1.807) is 0 Å². The van der Waals surface area contributed by atoms with Crippen LogP contribution in [0.4, 0.5) is 8.78 Å². The number of benzene rings is 6. The molecular weight excluding hydrogens is 639 g/mol. The Bertz CT molecular complexity index is 2360. The molecule has 254 valence electrons. The summed E-state index contributed by atoms with van der Waals surface area (Å²) in [5.41, 5.74) is 16.6. The molecule has 2 aliphatic carbocycles. The molecule has 6 aromatic rings. The van der Waals surface area contributed by atoms with E-state index in [1.807, 2.05) is 24.3 Å². The van der Waals surface area contributed by atoms with E-state index in [2.05, 4.69) is 143 Å². The van der Waals surface area contributed by atoms with E-state index in [9.17, 15) is 8.78 Å². The maximum atomic E-state index is 14.5. The van der Waals surface area contributed by atoms with Crippen LogP contribution in [0.25, 0.3) is 27.8 Å². The zero-order valence-corrected chi connectivity index (χ0v) is 29.9. The van der Waals surface area contributed by atoms with Gasteiger partial charge in [0.2, 0.25) is 0 Å². The molecule has 0 N–H and O–H groups in total. The van der Waals surface area contributed by atoms with Crippen molar-refractivity contribution in [1.29, 1.82) is 0 Å². The van der Waals surface area contributed by atoms with Gasteiger partial charge in [-0.2, -0.15) is 0 Å². The van der Waals surface area contributed by atoms with Crippen LogP contribution in [0.5, 0.6) is 0 Å². The molecule has 0 amide bonds. The SMILES string of the molecule is CC(C)=C1C(=C(c2ccc(F)cc2)c2ccc(F)cc2)C2C=C(c3ccccc3)c3ccc(-c4ccccc4)cc3C(c3ccccc3)=C2C1(C)C. The van der Waals surface area contributed by atoms with Crippen LogP contribution in [0.15, 0.2) is 186 Å². The Kier molecular flexibility index (Phi) is 8.55. The van der Waals surface area contributed by atoms with E-state index in [0.29, 0.717) is 0 Å². The molecule has 1 saturated carbocycles. The lowest BCUT2D eigenvalue weighted by molar-refractivity contribution is 0.561. The fourth-order valence-corrected chi connectivity index (χ4v) is 8.66. The van der Waals surface area contributed by atoms with Crippen molar-refractivity contribution >= 4 is 16.7 Å². The second-order valence-electron chi connectivity index (χ2n) is 14.5. The van der Waals surface area contributed by atoms with Crippen LogP contribution in [0.1, 0.15) is 61.1 Å². The summed E-state index contributed by atoms with van der Waals surface area (Å²) in [5.74, 6) is -0.750. The quantitative estimate of drug-likeness (QED) is 0.170. The van der Waals surface area contributed by atoms with Crippen LogP contribution in [-0.2, 0) is 0 Å². The van der Waals surface area contributed by atoms with Crippen molar-refractivity contribution in [3.63, 3.8) is 0 Å². The van der Waals surface area contributed by atoms with Crippen molar-refractivity contribution < 1.29 is 8.78 Å². The summed E-state index contributed by atoms with van der Waals surface area (Å²) in [7, 11) is 0. The predicted molar refractivity (Wildman–Crippen MR) is 212 cm³/mol. The van der Waals surface area contributed by atoms with Crippen LogP contribution in [-0.4, -0.2) is 0 Å². The highest BCUT2D eigenvalue weighted by molar-refractivity contribution is 6.00. The molecule has 52 heavy (non-hydrogen) atoms. The number of hydrogen-bond donors (Lipinski definition) is 0. The Labute approximate surface area is 305 Å². The second kappa shape index (κ2) is 13.4. The van der Waals surface area contributed by atoms with Gasteiger partial charge >= 0.3 is 0 Å². The normalized spacial score (nSPS) is 16.2. The van der Waals surface area contributed by atoms with Crippen LogP contribution in [0, 0.1) is 23.0 Å². The van der Waals surface area contributed by atoms with Crippen LogP contribution in [0.3, 0.4) is 0 Å². The fraction of sp³-hybridized carbons (Fsp3) is 0.120. The predicted octanol–water partition coefficient (Wildman–Crippen LogP) is 13.4. The smallest absolute Gasteiger partial charge is 0.123 e. The minimum atomic E-state index is -0.419. The molecule has 0 spiro atoms. The molecule has 0 radical (unpaired) electrons. The van der Waals surface area contributed by atoms with Crippen molar-refractivity contribution in [2.75, 3.05) is 0 Å². The fourth-order valence-electron chi connectivity index (χ4n) is 8.66. The molecule has 0 heterocycles. The molecule has 0 saturated heterocycles. The van der Waals surface area contributed by atoms with Crippen molar-refractivity contribution in [1.82, 2.24) is 0 Å². The lowest BCUT2D eigenvalue weighted by Gasteiger charge is -2.28. The van der Waals surface area contributed by atoms with Gasteiger partial charge in [0.05, 0.1) is 0 Å². The van der Waals surface area contributed by atoms with Gasteiger partial charge in [-0.05, 0) is 122 Å². The van der Waals surface area contributed by atoms with Crippen molar-refractivity contribution in [2.45, 2.75) is 27.7 Å². The Morgan fingerprint density at radius 3 is 1.54 bits per heavy atom. The van der Waals surface area contributed by atoms with E-state index in [4.69, 9.17) is 0 Å². The first-order valence-corrected chi connectivity index (χ1v) is 17.9. The third kappa shape index (κ3) is 5.79. The third-order valence-electron chi connectivity index (χ3n) is 10.7. The van der Waals surface area contributed by atoms with Gasteiger partial charge in [-0.1, -0.05) is 153 Å². The summed E-state index contributed by atoms with van der Waals surface area (Å²) < 4.78 is 29.1. The molecule has 0 aliphatic heterocycles. The molecule has 0 bridgehead atoms. The molecule has 0 nitrogen and oxygen atoms in total. The van der Waals surface area contributed by atoms with Gasteiger partial charge in [-0.25, -0.2) is 8.78 Å². The summed E-state index contributed by atoms with van der Waals surface area (Å²) in [4.78, 5) is 0. The Morgan fingerprint density at radius 2 is 1.02 bits per heavy atom. The number of allylic oxidation sites excluding steroid dienone is 5. The summed E-state index contributed by atoms with van der Waals surface area (Å²) in [6, 6.07) is 52.4. The zero-order valence-electron chi connectivity index (χ0n) is 29.9. The molecular formula is C50H40F2. The monoisotopic (exact) mass is 678 g/mol. The summed E-state index contributed by atoms with van der Waals surface area (Å²) in [6.45, 7) is 9.09. The van der Waals surface area contributed by atoms with Gasteiger partial charge in [-0.15, -0.1) is 0 Å². The van der Waals surface area contributed by atoms with Crippen LogP contribution >= 0.6 is 0 Å². The number of hydrogen-bond acceptors (Lipinski definition) is 0. The molecule has 1 atom stereocenters. The van der Waals surface area contributed by atoms with Gasteiger partial charge in [0.25, 0.3) is 0 Å². The molecule has 1 fully saturated rings. The third-order valence-corrected chi connectivity index (χ3v) is 10.7. The Morgan fingerprint density at radius 1 is 0.519 bits per heavy atom. The van der Waals surface area contributed by atoms with E-state index < -0.39 is 5.41 Å². The lowest BCUT2D eigenvalue weighted by atomic mass is 9.75. The van der Waals surface area contributed by atoms with Gasteiger partial charge < -0.3 is 0 Å². The van der Waals surface area contributed by atoms with Gasteiger partial charge in [0, 0.05) is 11.3 Å². The summed E-state index contributed by atoms with van der Waals surface area (Å²) in [5, 5.41) is 0. The topological polar surface area (TPSA) is 0 Å². The average molecular weight is 679 g/mol. The van der Waals surface area contributed by atoms with Crippen LogP contribution in [0.2, 0.25) is 0 Å². The van der Waals surface area contributed by atoms with Crippen LogP contribution < -0.4 is 0 Å². The molecule has 6 aromatic carbocycles. The van der Waals surface area contributed by atoms with Gasteiger partial charge in [0.1, 0.15) is 11.6 Å². The zero-order chi connectivity index (χ0) is 36.0. The lowest BCUT2D eigenvalue weighted by Crippen LogP contribution is -2.15. The standard InChI is InChI=1S/C50H40F2/c1-32(2)48-47(45(36-20-25-39(51)26-21-36)37-22-27-40(52)28-23-37)44-31-42(34-16-10-6-11-17-34)41-29-24-38(33-14-8-5-9-15-33)30-43(41)46(49(44)50(48,3)4)35-18-12-7-13-19-35/h5-31,44H,1-4H3. The minimum absolute atomic E-state index is 0.164. The number of halogens is 2. The van der Waals surface area contributed by atoms with Gasteiger partial charge in [0.15, 0.2) is 0 Å². The van der Waals surface area contributed by atoms with Crippen molar-refractivity contribution in [2.24, 2.45) is 11.3 Å². The molecule has 8 rings (SSSR count). The Hall–Kier alpha value is -5.86. The maximum absolute atomic E-state index is 14.5. The van der Waals surface area contributed by atoms with Crippen molar-refractivity contribution in [3.05, 3.63) is 231 Å². The first kappa shape index (κ1) is 33.3. The Balaban J connectivity index is 1.58. The van der Waals surface area contributed by atoms with E-state index in [1.165, 1.54) is 63.2 Å². The minimum Gasteiger partial charge on any atom is -0.207 e. The molecule has 0 aromatic heterocycles. The molecule has 2 aliphatic rings. The summed E-state index contributed by atoms with van der Waals surface area (Å²) in [6.07, 6.45) is 2.46. The average Bonchev–Trinajstić information content (AvgIpc) is 3.28. The largest absolute Gasteiger partial charge is 0.207 e. The highest BCUT2D eigenvalue weighted by atomic mass is 19.1. The number of fused-ring (bicyclic) bond motifs is 2. The first-order chi connectivity index (χ1) is 25.2. The van der Waals surface area contributed by atoms with E-state index in [0.717, 1.165) is 44.5 Å². The van der Waals surface area contributed by atoms with Gasteiger partial charge in [-0.3, -0.25) is 0 Å². The molecule has 2 heteroatoms. The maximum Gasteiger partial charge on any atom is 0.123 e. The van der Waals surface area contributed by atoms with Crippen molar-refractivity contribution in [3.8, 4) is 11.1 Å². The second-order valence-corrected chi connectivity index (χ2v) is 14.5. The highest BCUT2D eigenvalue weighted by Crippen LogP contribution is 2.62. The number of rotatable bonds is 5. The molecule has 1 unspecified atom stereocenters. The summed E-state index contributed by atoms with van der Waals surface area (Å²) >= 11 is 0.